The van der Waals surface area contributed by atoms with Crippen molar-refractivity contribution in [1.82, 2.24) is 9.97 Å². The van der Waals surface area contributed by atoms with Gasteiger partial charge in [-0.3, -0.25) is 0 Å². The molecule has 0 saturated carbocycles. The first-order valence-corrected chi connectivity index (χ1v) is 9.42. The fourth-order valence-corrected chi connectivity index (χ4v) is 3.55. The van der Waals surface area contributed by atoms with Crippen molar-refractivity contribution in [2.75, 3.05) is 55.8 Å². The van der Waals surface area contributed by atoms with E-state index in [9.17, 15) is 0 Å². The Hall–Kier alpha value is -1.60. The first-order valence-electron chi connectivity index (χ1n) is 8.67. The molecule has 4 rings (SSSR count). The topological polar surface area (TPSA) is 50.7 Å². The van der Waals surface area contributed by atoms with Gasteiger partial charge < -0.3 is 19.3 Å². The molecule has 0 spiro atoms. The molecule has 2 aliphatic heterocycles. The van der Waals surface area contributed by atoms with Crippen LogP contribution in [0.5, 0.6) is 0 Å². The molecule has 2 fully saturated rings. The lowest BCUT2D eigenvalue weighted by Gasteiger charge is -2.34. The molecule has 0 unspecified atom stereocenters. The van der Waals surface area contributed by atoms with Gasteiger partial charge in [-0.2, -0.15) is 0 Å². The normalized spacial score (nSPS) is 21.1. The van der Waals surface area contributed by atoms with E-state index in [1.54, 1.807) is 6.33 Å². The number of benzene rings is 1. The van der Waals surface area contributed by atoms with Crippen LogP contribution in [0.15, 0.2) is 30.6 Å². The quantitative estimate of drug-likeness (QED) is 0.796. The molecule has 0 aliphatic carbocycles. The number of anilines is 2. The minimum atomic E-state index is -0.0691. The predicted octanol–water partition coefficient (Wildman–Crippen LogP) is 3.20. The summed E-state index contributed by atoms with van der Waals surface area (Å²) < 4.78 is 11.4. The highest BCUT2D eigenvalue weighted by Crippen LogP contribution is 2.30. The van der Waals surface area contributed by atoms with E-state index in [1.807, 2.05) is 24.3 Å². The predicted molar refractivity (Wildman–Crippen MR) is 102 cm³/mol. The van der Waals surface area contributed by atoms with E-state index in [0.717, 1.165) is 50.0 Å². The van der Waals surface area contributed by atoms with Crippen LogP contribution in [0.3, 0.4) is 0 Å². The molecule has 2 saturated heterocycles. The number of morpholine rings is 2. The summed E-state index contributed by atoms with van der Waals surface area (Å²) in [6.07, 6.45) is 1.56. The van der Waals surface area contributed by atoms with Crippen molar-refractivity contribution in [3.8, 4) is 0 Å². The summed E-state index contributed by atoms with van der Waals surface area (Å²) in [6, 6.07) is 7.68. The second kappa shape index (κ2) is 7.96. The maximum atomic E-state index is 6.16. The van der Waals surface area contributed by atoms with E-state index < -0.39 is 0 Å². The lowest BCUT2D eigenvalue weighted by atomic mass is 10.1. The fraction of sp³-hybridized carbons (Fsp3) is 0.444. The average molecular weight is 395 g/mol. The fourth-order valence-electron chi connectivity index (χ4n) is 3.25. The van der Waals surface area contributed by atoms with Gasteiger partial charge in [0, 0.05) is 32.2 Å². The third-order valence-corrected chi connectivity index (χ3v) is 5.42. The molecular weight excluding hydrogens is 375 g/mol. The summed E-state index contributed by atoms with van der Waals surface area (Å²) in [6.45, 7) is 5.29. The molecule has 6 nitrogen and oxygen atoms in total. The van der Waals surface area contributed by atoms with Gasteiger partial charge in [-0.25, -0.2) is 9.97 Å². The smallest absolute Gasteiger partial charge is 0.134 e. The Labute approximate surface area is 162 Å². The van der Waals surface area contributed by atoms with E-state index in [0.29, 0.717) is 23.2 Å². The number of aromatic nitrogens is 2. The van der Waals surface area contributed by atoms with Crippen molar-refractivity contribution < 1.29 is 9.47 Å². The molecule has 1 aromatic heterocycles. The molecule has 2 aliphatic rings. The molecule has 0 radical (unpaired) electrons. The summed E-state index contributed by atoms with van der Waals surface area (Å²) in [5, 5.41) is 1.09. The van der Waals surface area contributed by atoms with Gasteiger partial charge in [-0.05, 0) is 17.7 Å². The third-order valence-electron chi connectivity index (χ3n) is 4.68. The van der Waals surface area contributed by atoms with Crippen LogP contribution in [-0.2, 0) is 9.47 Å². The first kappa shape index (κ1) is 17.8. The second-order valence-corrected chi connectivity index (χ2v) is 7.13. The van der Waals surface area contributed by atoms with Gasteiger partial charge in [0.05, 0.1) is 29.9 Å². The largest absolute Gasteiger partial charge is 0.378 e. The van der Waals surface area contributed by atoms with Gasteiger partial charge in [0.1, 0.15) is 24.1 Å². The number of rotatable bonds is 3. The highest BCUT2D eigenvalue weighted by molar-refractivity contribution is 6.42. The summed E-state index contributed by atoms with van der Waals surface area (Å²) in [4.78, 5) is 13.3. The summed E-state index contributed by atoms with van der Waals surface area (Å²) in [5.41, 5.74) is 1.02. The highest BCUT2D eigenvalue weighted by atomic mass is 35.5. The minimum Gasteiger partial charge on any atom is -0.378 e. The number of nitrogens with zero attached hydrogens (tertiary/aromatic N) is 4. The maximum Gasteiger partial charge on any atom is 0.134 e. The second-order valence-electron chi connectivity index (χ2n) is 6.31. The molecule has 3 heterocycles. The number of ether oxygens (including phenoxy) is 2. The van der Waals surface area contributed by atoms with Crippen LogP contribution in [0.4, 0.5) is 11.6 Å². The van der Waals surface area contributed by atoms with E-state index in [-0.39, 0.29) is 6.10 Å². The maximum absolute atomic E-state index is 6.16. The standard InChI is InChI=1S/C18H20Cl2N4O2/c19-14-2-1-13(9-15(14)20)16-11-24(5-8-26-16)18-10-17(21-12-22-18)23-3-6-25-7-4-23/h1-2,9-10,12,16H,3-8,11H2/t16-/m0/s1. The zero-order valence-corrected chi connectivity index (χ0v) is 15.8. The van der Waals surface area contributed by atoms with E-state index in [2.05, 4.69) is 19.8 Å². The van der Waals surface area contributed by atoms with Crippen molar-refractivity contribution >= 4 is 34.8 Å². The van der Waals surface area contributed by atoms with Gasteiger partial charge in [0.2, 0.25) is 0 Å². The van der Waals surface area contributed by atoms with Crippen molar-refractivity contribution in [1.29, 1.82) is 0 Å². The molecule has 8 heteroatoms. The van der Waals surface area contributed by atoms with E-state index >= 15 is 0 Å². The molecule has 1 atom stereocenters. The van der Waals surface area contributed by atoms with Crippen LogP contribution in [0.2, 0.25) is 10.0 Å². The number of halogens is 2. The number of hydrogen-bond acceptors (Lipinski definition) is 6. The van der Waals surface area contributed by atoms with E-state index in [4.69, 9.17) is 32.7 Å². The van der Waals surface area contributed by atoms with Crippen LogP contribution in [0.25, 0.3) is 0 Å². The Balaban J connectivity index is 1.51. The van der Waals surface area contributed by atoms with Crippen LogP contribution in [0.1, 0.15) is 11.7 Å². The van der Waals surface area contributed by atoms with Gasteiger partial charge in [-0.15, -0.1) is 0 Å². The van der Waals surface area contributed by atoms with Crippen LogP contribution < -0.4 is 9.80 Å². The summed E-state index contributed by atoms with van der Waals surface area (Å²) in [7, 11) is 0. The molecule has 0 bridgehead atoms. The lowest BCUT2D eigenvalue weighted by Crippen LogP contribution is -2.39. The highest BCUT2D eigenvalue weighted by Gasteiger charge is 2.24. The van der Waals surface area contributed by atoms with Gasteiger partial charge in [-0.1, -0.05) is 29.3 Å². The zero-order chi connectivity index (χ0) is 17.9. The van der Waals surface area contributed by atoms with E-state index in [1.165, 1.54) is 0 Å². The Bertz CT molecular complexity index is 771. The number of hydrogen-bond donors (Lipinski definition) is 0. The Morgan fingerprint density at radius 2 is 1.62 bits per heavy atom. The zero-order valence-electron chi connectivity index (χ0n) is 14.3. The average Bonchev–Trinajstić information content (AvgIpc) is 2.71. The summed E-state index contributed by atoms with van der Waals surface area (Å²) >= 11 is 12.2. The molecule has 0 amide bonds. The minimum absolute atomic E-state index is 0.0691. The van der Waals surface area contributed by atoms with Crippen LogP contribution in [-0.4, -0.2) is 56.0 Å². The monoisotopic (exact) mass is 394 g/mol. The molecule has 26 heavy (non-hydrogen) atoms. The summed E-state index contributed by atoms with van der Waals surface area (Å²) in [5.74, 6) is 1.85. The molecule has 0 N–H and O–H groups in total. The van der Waals surface area contributed by atoms with Gasteiger partial charge >= 0.3 is 0 Å². The Morgan fingerprint density at radius 3 is 2.38 bits per heavy atom. The van der Waals surface area contributed by atoms with Crippen molar-refractivity contribution in [3.05, 3.63) is 46.2 Å². The Kier molecular flexibility index (Phi) is 5.45. The van der Waals surface area contributed by atoms with Gasteiger partial charge in [0.15, 0.2) is 0 Å². The Morgan fingerprint density at radius 1 is 0.885 bits per heavy atom. The van der Waals surface area contributed by atoms with Crippen molar-refractivity contribution in [2.24, 2.45) is 0 Å². The molecule has 1 aromatic carbocycles. The van der Waals surface area contributed by atoms with Crippen LogP contribution >= 0.6 is 23.2 Å². The molecule has 2 aromatic rings. The SMILES string of the molecule is Clc1ccc([C@@H]2CN(c3cc(N4CCOCC4)ncn3)CCO2)cc1Cl. The lowest BCUT2D eigenvalue weighted by molar-refractivity contribution is 0.0395. The molecular formula is C18H20Cl2N4O2. The first-order chi connectivity index (χ1) is 12.7. The van der Waals surface area contributed by atoms with Crippen molar-refractivity contribution in [3.63, 3.8) is 0 Å². The van der Waals surface area contributed by atoms with Gasteiger partial charge in [0.25, 0.3) is 0 Å². The molecule has 138 valence electrons. The third kappa shape index (κ3) is 3.88. The van der Waals surface area contributed by atoms with Crippen molar-refractivity contribution in [2.45, 2.75) is 6.10 Å². The van der Waals surface area contributed by atoms with Crippen LogP contribution in [0, 0.1) is 0 Å².